The molecule has 15 heavy (non-hydrogen) atoms. The lowest BCUT2D eigenvalue weighted by Gasteiger charge is -2.09. The number of benzene rings is 1. The predicted molar refractivity (Wildman–Crippen MR) is 47.2 cm³/mol. The molecule has 2 nitrogen and oxygen atoms in total. The highest BCUT2D eigenvalue weighted by atomic mass is 19.4. The molecule has 1 radical (unpaired) electrons. The van der Waals surface area contributed by atoms with Gasteiger partial charge in [0.25, 0.3) is 0 Å². The van der Waals surface area contributed by atoms with Crippen LogP contribution in [0.1, 0.15) is 17.0 Å². The maximum Gasteiger partial charge on any atom is 0.416 e. The normalized spacial score (nSPS) is 13.6. The Balaban J connectivity index is 2.95. The smallest absolute Gasteiger partial charge is 0.416 e. The Morgan fingerprint density at radius 3 is 2.07 bits per heavy atom. The van der Waals surface area contributed by atoms with Gasteiger partial charge in [-0.25, -0.2) is 0 Å². The summed E-state index contributed by atoms with van der Waals surface area (Å²) in [6.45, 7) is 3.32. The summed E-state index contributed by atoms with van der Waals surface area (Å²) in [5, 5.41) is 8.58. The molecule has 0 heterocycles. The number of hydrogen-bond donors (Lipinski definition) is 1. The molecule has 0 saturated heterocycles. The van der Waals surface area contributed by atoms with Gasteiger partial charge in [-0.2, -0.15) is 13.2 Å². The lowest BCUT2D eigenvalue weighted by molar-refractivity contribution is -0.138. The molecular weight excluding hydrogens is 209 g/mol. The van der Waals surface area contributed by atoms with Gasteiger partial charge in [-0.3, -0.25) is 4.79 Å². The van der Waals surface area contributed by atoms with Crippen molar-refractivity contribution >= 4 is 5.97 Å². The average Bonchev–Trinajstić information content (AvgIpc) is 2.15. The monoisotopic (exact) mass is 217 g/mol. The maximum atomic E-state index is 12.1. The third kappa shape index (κ3) is 2.71. The van der Waals surface area contributed by atoms with Gasteiger partial charge < -0.3 is 5.11 Å². The second kappa shape index (κ2) is 3.92. The van der Waals surface area contributed by atoms with Crippen molar-refractivity contribution in [2.24, 2.45) is 0 Å². The first-order chi connectivity index (χ1) is 6.82. The molecule has 0 amide bonds. The molecule has 1 aromatic carbocycles. The standard InChI is InChI=1S/C10H8F3O2/c1-6(9(14)15)7-2-4-8(5-3-7)10(11,12)13/h2-6H,1H2,(H,14,15). The molecule has 5 heteroatoms. The van der Waals surface area contributed by atoms with Gasteiger partial charge >= 0.3 is 12.1 Å². The van der Waals surface area contributed by atoms with E-state index in [1.807, 2.05) is 0 Å². The van der Waals surface area contributed by atoms with Crippen LogP contribution in [0.15, 0.2) is 24.3 Å². The Morgan fingerprint density at radius 1 is 1.27 bits per heavy atom. The molecule has 0 aliphatic carbocycles. The first kappa shape index (κ1) is 11.6. The van der Waals surface area contributed by atoms with Crippen LogP contribution < -0.4 is 0 Å². The summed E-state index contributed by atoms with van der Waals surface area (Å²) in [5.41, 5.74) is -0.556. The zero-order valence-electron chi connectivity index (χ0n) is 7.58. The number of carboxylic acids is 1. The molecular formula is C10H8F3O2. The Hall–Kier alpha value is -1.52. The van der Waals surface area contributed by atoms with Crippen molar-refractivity contribution in [3.63, 3.8) is 0 Å². The fourth-order valence-corrected chi connectivity index (χ4v) is 1.05. The molecule has 0 aliphatic rings. The molecule has 1 aromatic rings. The van der Waals surface area contributed by atoms with Crippen molar-refractivity contribution in [1.29, 1.82) is 0 Å². The van der Waals surface area contributed by atoms with Crippen LogP contribution in [-0.4, -0.2) is 11.1 Å². The van der Waals surface area contributed by atoms with Crippen molar-refractivity contribution in [2.45, 2.75) is 12.1 Å². The second-order valence-corrected chi connectivity index (χ2v) is 3.01. The summed E-state index contributed by atoms with van der Waals surface area (Å²) in [6.07, 6.45) is -4.40. The number of hydrogen-bond acceptors (Lipinski definition) is 1. The van der Waals surface area contributed by atoms with Crippen LogP contribution in [0.2, 0.25) is 0 Å². The highest BCUT2D eigenvalue weighted by Crippen LogP contribution is 2.30. The zero-order chi connectivity index (χ0) is 11.6. The molecule has 0 aliphatic heterocycles. The largest absolute Gasteiger partial charge is 0.481 e. The minimum absolute atomic E-state index is 0.246. The highest BCUT2D eigenvalue weighted by molar-refractivity contribution is 5.76. The second-order valence-electron chi connectivity index (χ2n) is 3.01. The van der Waals surface area contributed by atoms with E-state index in [-0.39, 0.29) is 5.56 Å². The van der Waals surface area contributed by atoms with Gasteiger partial charge in [0.15, 0.2) is 0 Å². The Kier molecular flexibility index (Phi) is 3.02. The Labute approximate surface area is 84.3 Å². The molecule has 0 spiro atoms. The van der Waals surface area contributed by atoms with Crippen LogP contribution in [0.25, 0.3) is 0 Å². The lowest BCUT2D eigenvalue weighted by Crippen LogP contribution is -2.09. The molecule has 0 aromatic heterocycles. The van der Waals surface area contributed by atoms with E-state index < -0.39 is 23.6 Å². The number of halogens is 3. The van der Waals surface area contributed by atoms with Gasteiger partial charge in [0.05, 0.1) is 11.5 Å². The Bertz CT molecular complexity index is 354. The van der Waals surface area contributed by atoms with E-state index >= 15 is 0 Å². The Morgan fingerprint density at radius 2 is 1.73 bits per heavy atom. The summed E-state index contributed by atoms with van der Waals surface area (Å²) in [7, 11) is 0. The first-order valence-corrected chi connectivity index (χ1v) is 4.05. The van der Waals surface area contributed by atoms with E-state index in [0.717, 1.165) is 24.3 Å². The van der Waals surface area contributed by atoms with Crippen LogP contribution in [0.4, 0.5) is 13.2 Å². The molecule has 1 N–H and O–H groups in total. The molecule has 0 saturated carbocycles. The summed E-state index contributed by atoms with van der Waals surface area (Å²) in [4.78, 5) is 10.5. The van der Waals surface area contributed by atoms with Crippen molar-refractivity contribution < 1.29 is 23.1 Å². The number of aliphatic carboxylic acids is 1. The SMILES string of the molecule is [CH2]C(C(=O)O)c1ccc(C(F)(F)F)cc1. The summed E-state index contributed by atoms with van der Waals surface area (Å²) in [5.74, 6) is -2.22. The van der Waals surface area contributed by atoms with Crippen molar-refractivity contribution in [1.82, 2.24) is 0 Å². The highest BCUT2D eigenvalue weighted by Gasteiger charge is 2.30. The van der Waals surface area contributed by atoms with Crippen LogP contribution in [0.3, 0.4) is 0 Å². The molecule has 1 unspecified atom stereocenters. The third-order valence-electron chi connectivity index (χ3n) is 1.94. The van der Waals surface area contributed by atoms with E-state index in [9.17, 15) is 18.0 Å². The van der Waals surface area contributed by atoms with Gasteiger partial charge in [0.1, 0.15) is 0 Å². The molecule has 0 bridgehead atoms. The molecule has 1 rings (SSSR count). The quantitative estimate of drug-likeness (QED) is 0.826. The maximum absolute atomic E-state index is 12.1. The summed E-state index contributed by atoms with van der Waals surface area (Å²) >= 11 is 0. The summed E-state index contributed by atoms with van der Waals surface area (Å²) in [6, 6.07) is 3.93. The van der Waals surface area contributed by atoms with Gasteiger partial charge in [0.2, 0.25) is 0 Å². The van der Waals surface area contributed by atoms with Gasteiger partial charge in [-0.05, 0) is 24.6 Å². The third-order valence-corrected chi connectivity index (χ3v) is 1.94. The van der Waals surface area contributed by atoms with E-state index in [1.54, 1.807) is 0 Å². The van der Waals surface area contributed by atoms with Crippen LogP contribution in [-0.2, 0) is 11.0 Å². The van der Waals surface area contributed by atoms with E-state index in [1.165, 1.54) is 0 Å². The number of carbonyl (C=O) groups is 1. The fraction of sp³-hybridized carbons (Fsp3) is 0.200. The van der Waals surface area contributed by atoms with Crippen molar-refractivity contribution in [2.75, 3.05) is 0 Å². The van der Waals surface area contributed by atoms with Gasteiger partial charge in [-0.1, -0.05) is 12.1 Å². The van der Waals surface area contributed by atoms with Crippen molar-refractivity contribution in [3.05, 3.63) is 42.3 Å². The number of rotatable bonds is 2. The van der Waals surface area contributed by atoms with E-state index in [0.29, 0.717) is 0 Å². The minimum atomic E-state index is -4.40. The topological polar surface area (TPSA) is 37.3 Å². The molecule has 0 fully saturated rings. The average molecular weight is 217 g/mol. The number of alkyl halides is 3. The summed E-state index contributed by atoms with van der Waals surface area (Å²) < 4.78 is 36.4. The van der Waals surface area contributed by atoms with E-state index in [4.69, 9.17) is 5.11 Å². The minimum Gasteiger partial charge on any atom is -0.481 e. The molecule has 81 valence electrons. The predicted octanol–water partition coefficient (Wildman–Crippen LogP) is 2.71. The van der Waals surface area contributed by atoms with Crippen LogP contribution in [0.5, 0.6) is 0 Å². The fourth-order valence-electron chi connectivity index (χ4n) is 1.05. The van der Waals surface area contributed by atoms with Gasteiger partial charge in [-0.15, -0.1) is 0 Å². The van der Waals surface area contributed by atoms with Crippen molar-refractivity contribution in [3.8, 4) is 0 Å². The zero-order valence-corrected chi connectivity index (χ0v) is 7.58. The van der Waals surface area contributed by atoms with Crippen LogP contribution >= 0.6 is 0 Å². The first-order valence-electron chi connectivity index (χ1n) is 4.05. The number of carboxylic acid groups (broad SMARTS) is 1. The molecule has 1 atom stereocenters. The lowest BCUT2D eigenvalue weighted by atomic mass is 10.00. The van der Waals surface area contributed by atoms with Gasteiger partial charge in [0, 0.05) is 0 Å². The van der Waals surface area contributed by atoms with E-state index in [2.05, 4.69) is 6.92 Å². The van der Waals surface area contributed by atoms with Crippen LogP contribution in [0, 0.1) is 6.92 Å².